The van der Waals surface area contributed by atoms with Crippen molar-refractivity contribution in [2.45, 2.75) is 69.6 Å². The van der Waals surface area contributed by atoms with Crippen LogP contribution in [0.4, 0.5) is 0 Å². The lowest BCUT2D eigenvalue weighted by Crippen LogP contribution is -2.50. The Bertz CT molecular complexity index is 431. The summed E-state index contributed by atoms with van der Waals surface area (Å²) >= 11 is 1.87. The topological polar surface area (TPSA) is 58.2 Å². The molecule has 4 saturated carbocycles. The monoisotopic (exact) mass is 338 g/mol. The summed E-state index contributed by atoms with van der Waals surface area (Å²) in [4.78, 5) is 24.0. The number of carbonyl (C=O) groups is 2. The van der Waals surface area contributed by atoms with E-state index in [2.05, 4.69) is 10.6 Å². The molecule has 0 aromatic carbocycles. The van der Waals surface area contributed by atoms with Gasteiger partial charge in [-0.1, -0.05) is 6.92 Å². The Morgan fingerprint density at radius 2 is 1.70 bits per heavy atom. The molecule has 0 radical (unpaired) electrons. The molecule has 0 unspecified atom stereocenters. The molecule has 0 aromatic rings. The van der Waals surface area contributed by atoms with Gasteiger partial charge in [0.25, 0.3) is 0 Å². The zero-order valence-corrected chi connectivity index (χ0v) is 15.2. The summed E-state index contributed by atoms with van der Waals surface area (Å²) < 4.78 is 0.361. The van der Waals surface area contributed by atoms with E-state index >= 15 is 0 Å². The molecule has 4 nitrogen and oxygen atoms in total. The first-order valence-electron chi connectivity index (χ1n) is 9.20. The fraction of sp³-hybridized carbons (Fsp3) is 0.889. The standard InChI is InChI=1S/C18H30N2O2S/c1-3-4-19-17(22)12(2)20-16(21)11-23-18-8-13-5-14(9-18)7-15(6-13)10-18/h12-15H,3-11H2,1-2H3,(H,19,22)(H,20,21)/t12-,13?,14?,15?,18?/m1/s1. The van der Waals surface area contributed by atoms with Gasteiger partial charge in [-0.25, -0.2) is 0 Å². The Morgan fingerprint density at radius 3 is 2.22 bits per heavy atom. The van der Waals surface area contributed by atoms with Crippen LogP contribution in [0.3, 0.4) is 0 Å². The lowest BCUT2D eigenvalue weighted by atomic mass is 9.56. The summed E-state index contributed by atoms with van der Waals surface area (Å²) in [5.74, 6) is 3.16. The van der Waals surface area contributed by atoms with Gasteiger partial charge in [0.2, 0.25) is 11.8 Å². The van der Waals surface area contributed by atoms with Gasteiger partial charge < -0.3 is 10.6 Å². The maximum atomic E-state index is 12.2. The summed E-state index contributed by atoms with van der Waals surface area (Å²) in [6, 6.07) is -0.439. The third-order valence-corrected chi connectivity index (χ3v) is 7.33. The van der Waals surface area contributed by atoms with Crippen LogP contribution in [0.25, 0.3) is 0 Å². The van der Waals surface area contributed by atoms with Gasteiger partial charge in [-0.3, -0.25) is 9.59 Å². The number of hydrogen-bond donors (Lipinski definition) is 2. The van der Waals surface area contributed by atoms with E-state index in [0.717, 1.165) is 24.2 Å². The van der Waals surface area contributed by atoms with Gasteiger partial charge in [-0.2, -0.15) is 0 Å². The molecule has 4 fully saturated rings. The second-order valence-electron chi connectivity index (χ2n) is 7.97. The summed E-state index contributed by atoms with van der Waals surface area (Å²) in [5, 5.41) is 5.68. The van der Waals surface area contributed by atoms with Crippen LogP contribution < -0.4 is 10.6 Å². The van der Waals surface area contributed by atoms with Crippen molar-refractivity contribution in [3.63, 3.8) is 0 Å². The predicted molar refractivity (Wildman–Crippen MR) is 94.3 cm³/mol. The van der Waals surface area contributed by atoms with E-state index in [9.17, 15) is 9.59 Å². The molecule has 23 heavy (non-hydrogen) atoms. The summed E-state index contributed by atoms with van der Waals surface area (Å²) in [5.41, 5.74) is 0. The quantitative estimate of drug-likeness (QED) is 0.750. The Balaban J connectivity index is 1.45. The van der Waals surface area contributed by atoms with Crippen LogP contribution in [0.2, 0.25) is 0 Å². The molecule has 1 atom stereocenters. The average Bonchev–Trinajstić information content (AvgIpc) is 2.49. The van der Waals surface area contributed by atoms with Crippen LogP contribution in [0.15, 0.2) is 0 Å². The summed E-state index contributed by atoms with van der Waals surface area (Å²) in [6.07, 6.45) is 9.13. The SMILES string of the molecule is CCCNC(=O)[C@@H](C)NC(=O)CSC12CC3CC(CC(C3)C1)C2. The number of rotatable bonds is 7. The molecule has 0 saturated heterocycles. The van der Waals surface area contributed by atoms with Crippen LogP contribution in [-0.4, -0.2) is 34.9 Å². The first-order chi connectivity index (χ1) is 11.0. The highest BCUT2D eigenvalue weighted by Crippen LogP contribution is 2.60. The number of thioether (sulfide) groups is 1. The van der Waals surface area contributed by atoms with Crippen molar-refractivity contribution in [3.8, 4) is 0 Å². The minimum absolute atomic E-state index is 0.00453. The number of amides is 2. The lowest BCUT2D eigenvalue weighted by Gasteiger charge is -2.56. The van der Waals surface area contributed by atoms with Gasteiger partial charge in [0.05, 0.1) is 5.75 Å². The third kappa shape index (κ3) is 4.04. The van der Waals surface area contributed by atoms with Gasteiger partial charge in [0.1, 0.15) is 6.04 Å². The molecule has 130 valence electrons. The van der Waals surface area contributed by atoms with Crippen molar-refractivity contribution in [3.05, 3.63) is 0 Å². The molecule has 2 amide bonds. The molecule has 2 N–H and O–H groups in total. The fourth-order valence-corrected chi connectivity index (χ4v) is 6.76. The molecule has 0 heterocycles. The zero-order valence-electron chi connectivity index (χ0n) is 14.4. The van der Waals surface area contributed by atoms with E-state index in [-0.39, 0.29) is 11.8 Å². The maximum Gasteiger partial charge on any atom is 0.242 e. The van der Waals surface area contributed by atoms with Crippen molar-refractivity contribution in [1.29, 1.82) is 0 Å². The second kappa shape index (κ2) is 7.04. The molecular weight excluding hydrogens is 308 g/mol. The minimum Gasteiger partial charge on any atom is -0.354 e. The number of nitrogens with one attached hydrogen (secondary N) is 2. The van der Waals surface area contributed by atoms with Gasteiger partial charge in [-0.15, -0.1) is 11.8 Å². The minimum atomic E-state index is -0.439. The average molecular weight is 339 g/mol. The van der Waals surface area contributed by atoms with Crippen molar-refractivity contribution in [2.75, 3.05) is 12.3 Å². The normalized spacial score (nSPS) is 35.8. The molecule has 4 aliphatic carbocycles. The van der Waals surface area contributed by atoms with Gasteiger partial charge in [0.15, 0.2) is 0 Å². The van der Waals surface area contributed by atoms with Crippen molar-refractivity contribution in [1.82, 2.24) is 10.6 Å². The van der Waals surface area contributed by atoms with E-state index < -0.39 is 6.04 Å². The molecule has 4 rings (SSSR count). The largest absolute Gasteiger partial charge is 0.354 e. The van der Waals surface area contributed by atoms with Crippen LogP contribution >= 0.6 is 11.8 Å². The molecular formula is C18H30N2O2S. The molecule has 0 spiro atoms. The second-order valence-corrected chi connectivity index (χ2v) is 9.41. The zero-order chi connectivity index (χ0) is 16.4. The highest BCUT2D eigenvalue weighted by atomic mass is 32.2. The van der Waals surface area contributed by atoms with Gasteiger partial charge >= 0.3 is 0 Å². The molecule has 5 heteroatoms. The Labute approximate surface area is 143 Å². The van der Waals surface area contributed by atoms with Crippen molar-refractivity contribution < 1.29 is 9.59 Å². The molecule has 4 aliphatic rings. The van der Waals surface area contributed by atoms with Crippen molar-refractivity contribution >= 4 is 23.6 Å². The Hall–Kier alpha value is -0.710. The fourth-order valence-electron chi connectivity index (χ4n) is 5.18. The summed E-state index contributed by atoms with van der Waals surface area (Å²) in [7, 11) is 0. The Morgan fingerprint density at radius 1 is 1.13 bits per heavy atom. The van der Waals surface area contributed by atoms with Gasteiger partial charge in [0, 0.05) is 11.3 Å². The van der Waals surface area contributed by atoms with E-state index in [1.54, 1.807) is 6.92 Å². The maximum absolute atomic E-state index is 12.2. The third-order valence-electron chi connectivity index (χ3n) is 5.81. The summed E-state index contributed by atoms with van der Waals surface area (Å²) in [6.45, 7) is 4.45. The Kier molecular flexibility index (Phi) is 5.24. The van der Waals surface area contributed by atoms with Crippen LogP contribution in [0, 0.1) is 17.8 Å². The smallest absolute Gasteiger partial charge is 0.242 e. The van der Waals surface area contributed by atoms with E-state index in [0.29, 0.717) is 17.0 Å². The number of carbonyl (C=O) groups excluding carboxylic acids is 2. The highest BCUT2D eigenvalue weighted by Gasteiger charge is 2.51. The van der Waals surface area contributed by atoms with E-state index in [1.165, 1.54) is 38.5 Å². The van der Waals surface area contributed by atoms with Crippen LogP contribution in [0.5, 0.6) is 0 Å². The molecule has 4 bridgehead atoms. The van der Waals surface area contributed by atoms with Crippen LogP contribution in [0.1, 0.15) is 58.8 Å². The molecule has 0 aromatic heterocycles. The highest BCUT2D eigenvalue weighted by molar-refractivity contribution is 8.01. The first kappa shape index (κ1) is 17.1. The van der Waals surface area contributed by atoms with E-state index in [4.69, 9.17) is 0 Å². The van der Waals surface area contributed by atoms with Crippen molar-refractivity contribution in [2.24, 2.45) is 17.8 Å². The first-order valence-corrected chi connectivity index (χ1v) is 10.2. The van der Waals surface area contributed by atoms with Crippen LogP contribution in [-0.2, 0) is 9.59 Å². The van der Waals surface area contributed by atoms with E-state index in [1.807, 2.05) is 18.7 Å². The number of hydrogen-bond acceptors (Lipinski definition) is 3. The predicted octanol–water partition coefficient (Wildman–Crippen LogP) is 2.72. The molecule has 0 aliphatic heterocycles. The van der Waals surface area contributed by atoms with Gasteiger partial charge in [-0.05, 0) is 69.6 Å². The lowest BCUT2D eigenvalue weighted by molar-refractivity contribution is -0.127.